The zero-order valence-electron chi connectivity index (χ0n) is 15.5. The van der Waals surface area contributed by atoms with Crippen LogP contribution >= 0.6 is 0 Å². The van der Waals surface area contributed by atoms with Gasteiger partial charge in [-0.1, -0.05) is 48.5 Å². The Morgan fingerprint density at radius 3 is 2.54 bits per heavy atom. The molecule has 0 spiro atoms. The Morgan fingerprint density at radius 2 is 1.75 bits per heavy atom. The van der Waals surface area contributed by atoms with Crippen molar-refractivity contribution in [1.29, 1.82) is 0 Å². The average molecular weight is 378 g/mol. The van der Waals surface area contributed by atoms with E-state index in [0.717, 1.165) is 24.0 Å². The highest BCUT2D eigenvalue weighted by atomic mass is 16.5. The van der Waals surface area contributed by atoms with Gasteiger partial charge in [-0.2, -0.15) is 0 Å². The van der Waals surface area contributed by atoms with Gasteiger partial charge in [0, 0.05) is 25.0 Å². The predicted molar refractivity (Wildman–Crippen MR) is 106 cm³/mol. The van der Waals surface area contributed by atoms with Crippen LogP contribution in [0, 0.1) is 0 Å². The van der Waals surface area contributed by atoms with Crippen LogP contribution in [0.25, 0.3) is 11.0 Å². The minimum absolute atomic E-state index is 0.0153. The van der Waals surface area contributed by atoms with Crippen molar-refractivity contribution >= 4 is 16.9 Å². The third-order valence-corrected chi connectivity index (χ3v) is 5.01. The van der Waals surface area contributed by atoms with E-state index in [0.29, 0.717) is 25.3 Å². The number of hydrogen-bond donors (Lipinski definition) is 1. The molecule has 6 heteroatoms. The molecule has 144 valence electrons. The topological polar surface area (TPSA) is 71.8 Å². The Hall–Kier alpha value is -2.96. The van der Waals surface area contributed by atoms with Crippen LogP contribution in [0.5, 0.6) is 0 Å². The van der Waals surface area contributed by atoms with E-state index >= 15 is 0 Å². The number of para-hydroxylation sites is 1. The first kappa shape index (κ1) is 18.4. The largest absolute Gasteiger partial charge is 0.422 e. The molecular weight excluding hydrogens is 356 g/mol. The molecule has 4 rings (SSSR count). The highest BCUT2D eigenvalue weighted by Crippen LogP contribution is 2.21. The van der Waals surface area contributed by atoms with E-state index in [1.807, 2.05) is 30.3 Å². The zero-order valence-corrected chi connectivity index (χ0v) is 15.5. The molecule has 1 saturated heterocycles. The van der Waals surface area contributed by atoms with Gasteiger partial charge in [-0.3, -0.25) is 9.69 Å². The van der Waals surface area contributed by atoms with E-state index in [4.69, 9.17) is 9.15 Å². The monoisotopic (exact) mass is 378 g/mol. The number of nitrogens with zero attached hydrogens (tertiary/aromatic N) is 1. The number of carbonyl (C=O) groups is 1. The van der Waals surface area contributed by atoms with Crippen LogP contribution < -0.4 is 10.9 Å². The number of fused-ring (bicyclic) bond motifs is 1. The van der Waals surface area contributed by atoms with Gasteiger partial charge in [0.15, 0.2) is 0 Å². The van der Waals surface area contributed by atoms with Crippen LogP contribution in [0.15, 0.2) is 69.9 Å². The third kappa shape index (κ3) is 3.98. The standard InChI is InChI=1S/C22H22N2O4/c25-21(18-14-17-8-4-5-9-20(17)28-22(18)26)23-15-19(16-6-2-1-3-7-16)24-10-12-27-13-11-24/h1-9,14,19H,10-13,15H2,(H,23,25). The van der Waals surface area contributed by atoms with Gasteiger partial charge in [0.1, 0.15) is 11.1 Å². The first-order valence-corrected chi connectivity index (χ1v) is 9.40. The first-order valence-electron chi connectivity index (χ1n) is 9.40. The van der Waals surface area contributed by atoms with E-state index in [-0.39, 0.29) is 11.6 Å². The Kier molecular flexibility index (Phi) is 5.50. The summed E-state index contributed by atoms with van der Waals surface area (Å²) in [7, 11) is 0. The van der Waals surface area contributed by atoms with E-state index in [1.165, 1.54) is 0 Å². The van der Waals surface area contributed by atoms with Crippen LogP contribution in [0.1, 0.15) is 22.0 Å². The second-order valence-electron chi connectivity index (χ2n) is 6.77. The number of rotatable bonds is 5. The number of amides is 1. The number of benzene rings is 2. The van der Waals surface area contributed by atoms with Crippen LogP contribution in [0.4, 0.5) is 0 Å². The maximum atomic E-state index is 12.7. The highest BCUT2D eigenvalue weighted by molar-refractivity contribution is 5.96. The maximum Gasteiger partial charge on any atom is 0.349 e. The van der Waals surface area contributed by atoms with E-state index in [2.05, 4.69) is 22.3 Å². The molecule has 0 saturated carbocycles. The Balaban J connectivity index is 1.54. The molecule has 0 radical (unpaired) electrons. The molecule has 1 amide bonds. The number of nitrogens with one attached hydrogen (secondary N) is 1. The average Bonchev–Trinajstić information content (AvgIpc) is 2.75. The molecule has 2 heterocycles. The molecule has 1 aliphatic rings. The van der Waals surface area contributed by atoms with Crippen molar-refractivity contribution < 1.29 is 13.9 Å². The Labute approximate surface area is 162 Å². The Morgan fingerprint density at radius 1 is 1.04 bits per heavy atom. The van der Waals surface area contributed by atoms with Gasteiger partial charge in [-0.05, 0) is 17.7 Å². The number of morpholine rings is 1. The summed E-state index contributed by atoms with van der Waals surface area (Å²) < 4.78 is 10.7. The van der Waals surface area contributed by atoms with Gasteiger partial charge in [0.25, 0.3) is 5.91 Å². The maximum absolute atomic E-state index is 12.7. The van der Waals surface area contributed by atoms with Crippen molar-refractivity contribution in [3.8, 4) is 0 Å². The summed E-state index contributed by atoms with van der Waals surface area (Å²) in [6.45, 7) is 3.34. The molecule has 1 fully saturated rings. The summed E-state index contributed by atoms with van der Waals surface area (Å²) in [4.78, 5) is 27.2. The van der Waals surface area contributed by atoms with Crippen LogP contribution in [-0.2, 0) is 4.74 Å². The second-order valence-corrected chi connectivity index (χ2v) is 6.77. The van der Waals surface area contributed by atoms with Crippen molar-refractivity contribution in [2.75, 3.05) is 32.8 Å². The molecule has 0 aliphatic carbocycles. The minimum atomic E-state index is -0.626. The molecular formula is C22H22N2O4. The quantitative estimate of drug-likeness (QED) is 0.691. The summed E-state index contributed by atoms with van der Waals surface area (Å²) >= 11 is 0. The summed E-state index contributed by atoms with van der Waals surface area (Å²) in [6, 6.07) is 18.8. The molecule has 6 nitrogen and oxygen atoms in total. The van der Waals surface area contributed by atoms with E-state index in [9.17, 15) is 9.59 Å². The van der Waals surface area contributed by atoms with Crippen molar-refractivity contribution in [3.05, 3.63) is 82.2 Å². The molecule has 2 aromatic carbocycles. The number of carbonyl (C=O) groups excluding carboxylic acids is 1. The summed E-state index contributed by atoms with van der Waals surface area (Å²) in [5.41, 5.74) is 0.987. The van der Waals surface area contributed by atoms with Gasteiger partial charge in [-0.15, -0.1) is 0 Å². The minimum Gasteiger partial charge on any atom is -0.422 e. The van der Waals surface area contributed by atoms with Crippen molar-refractivity contribution in [2.45, 2.75) is 6.04 Å². The normalized spacial score (nSPS) is 16.0. The lowest BCUT2D eigenvalue weighted by molar-refractivity contribution is 0.0162. The van der Waals surface area contributed by atoms with Crippen molar-refractivity contribution in [3.63, 3.8) is 0 Å². The Bertz CT molecular complexity index is 1010. The fourth-order valence-corrected chi connectivity index (χ4v) is 3.53. The lowest BCUT2D eigenvalue weighted by Gasteiger charge is -2.34. The van der Waals surface area contributed by atoms with Crippen molar-refractivity contribution in [1.82, 2.24) is 10.2 Å². The van der Waals surface area contributed by atoms with Gasteiger partial charge in [0.05, 0.1) is 19.3 Å². The highest BCUT2D eigenvalue weighted by Gasteiger charge is 2.24. The molecule has 1 aromatic heterocycles. The molecule has 1 atom stereocenters. The van der Waals surface area contributed by atoms with Crippen LogP contribution in [-0.4, -0.2) is 43.7 Å². The fraction of sp³-hybridized carbons (Fsp3) is 0.273. The van der Waals surface area contributed by atoms with Gasteiger partial charge in [0.2, 0.25) is 0 Å². The molecule has 1 aliphatic heterocycles. The molecule has 1 unspecified atom stereocenters. The second kappa shape index (κ2) is 8.37. The summed E-state index contributed by atoms with van der Waals surface area (Å²) in [5, 5.41) is 3.64. The van der Waals surface area contributed by atoms with E-state index < -0.39 is 11.5 Å². The van der Waals surface area contributed by atoms with Crippen molar-refractivity contribution in [2.24, 2.45) is 0 Å². The summed E-state index contributed by atoms with van der Waals surface area (Å²) in [5.74, 6) is -0.423. The predicted octanol–water partition coefficient (Wildman–Crippen LogP) is 2.60. The fourth-order valence-electron chi connectivity index (χ4n) is 3.53. The van der Waals surface area contributed by atoms with Gasteiger partial charge >= 0.3 is 5.63 Å². The number of ether oxygens (including phenoxy) is 1. The van der Waals surface area contributed by atoms with E-state index in [1.54, 1.807) is 18.2 Å². The lowest BCUT2D eigenvalue weighted by Crippen LogP contribution is -2.44. The SMILES string of the molecule is O=C(NCC(c1ccccc1)N1CCOCC1)c1cc2ccccc2oc1=O. The van der Waals surface area contributed by atoms with Crippen LogP contribution in [0.2, 0.25) is 0 Å². The van der Waals surface area contributed by atoms with Gasteiger partial charge in [-0.25, -0.2) is 4.79 Å². The number of hydrogen-bond acceptors (Lipinski definition) is 5. The third-order valence-electron chi connectivity index (χ3n) is 5.01. The molecule has 0 bridgehead atoms. The molecule has 3 aromatic rings. The zero-order chi connectivity index (χ0) is 19.3. The first-order chi connectivity index (χ1) is 13.7. The summed E-state index contributed by atoms with van der Waals surface area (Å²) in [6.07, 6.45) is 0. The lowest BCUT2D eigenvalue weighted by atomic mass is 10.0. The molecule has 28 heavy (non-hydrogen) atoms. The van der Waals surface area contributed by atoms with Gasteiger partial charge < -0.3 is 14.5 Å². The van der Waals surface area contributed by atoms with Crippen LogP contribution in [0.3, 0.4) is 0 Å². The smallest absolute Gasteiger partial charge is 0.349 e. The molecule has 1 N–H and O–H groups in total.